The number of nitriles is 4. The Bertz CT molecular complexity index is 3760. The van der Waals surface area contributed by atoms with Crippen molar-refractivity contribution in [2.45, 2.75) is 0 Å². The maximum Gasteiger partial charge on any atom is 0.160 e. The van der Waals surface area contributed by atoms with Crippen molar-refractivity contribution < 1.29 is 0 Å². The quantitative estimate of drug-likeness (QED) is 0.150. The first-order valence-corrected chi connectivity index (χ1v) is 22.3. The van der Waals surface area contributed by atoms with Crippen molar-refractivity contribution >= 4 is 21.8 Å². The van der Waals surface area contributed by atoms with Gasteiger partial charge < -0.3 is 4.57 Å². The molecule has 2 heterocycles. The van der Waals surface area contributed by atoms with Crippen molar-refractivity contribution in [3.63, 3.8) is 0 Å². The Morgan fingerprint density at radius 2 is 0.667 bits per heavy atom. The maximum atomic E-state index is 10.3. The predicted molar refractivity (Wildman–Crippen MR) is 273 cm³/mol. The molecule has 0 spiro atoms. The van der Waals surface area contributed by atoms with Gasteiger partial charge in [0.1, 0.15) is 0 Å². The minimum absolute atomic E-state index is 0.501. The highest BCUT2D eigenvalue weighted by molar-refractivity contribution is 6.13. The lowest BCUT2D eigenvalue weighted by molar-refractivity contribution is 1.17. The van der Waals surface area contributed by atoms with E-state index in [9.17, 15) is 21.0 Å². The smallest absolute Gasteiger partial charge is 0.160 e. The van der Waals surface area contributed by atoms with Crippen molar-refractivity contribution in [3.8, 4) is 108 Å². The lowest BCUT2D eigenvalue weighted by atomic mass is 9.91. The summed E-state index contributed by atoms with van der Waals surface area (Å²) in [5, 5.41) is 42.2. The molecule has 0 atom stereocenters. The fraction of sp³-hybridized carbons (Fsp3) is 0. The molecule has 7 nitrogen and oxygen atoms in total. The second kappa shape index (κ2) is 17.7. The van der Waals surface area contributed by atoms with Gasteiger partial charge in [-0.05, 0) is 124 Å². The predicted octanol–water partition coefficient (Wildman–Crippen LogP) is 14.7. The average molecular weight is 878 g/mol. The first kappa shape index (κ1) is 41.5. The van der Waals surface area contributed by atoms with Gasteiger partial charge in [-0.1, -0.05) is 121 Å². The van der Waals surface area contributed by atoms with E-state index in [1.807, 2.05) is 140 Å². The summed E-state index contributed by atoms with van der Waals surface area (Å²) in [6, 6.07) is 78.9. The second-order valence-electron chi connectivity index (χ2n) is 16.7. The first-order chi connectivity index (χ1) is 34.0. The molecule has 0 aliphatic carbocycles. The number of nitrogens with zero attached hydrogens (tertiary/aromatic N) is 7. The summed E-state index contributed by atoms with van der Waals surface area (Å²) >= 11 is 0. The molecular formula is C62H35N7. The van der Waals surface area contributed by atoms with Crippen LogP contribution in [0.2, 0.25) is 0 Å². The van der Waals surface area contributed by atoms with Gasteiger partial charge in [-0.15, -0.1) is 0 Å². The third-order valence-corrected chi connectivity index (χ3v) is 12.5. The Labute approximate surface area is 398 Å². The van der Waals surface area contributed by atoms with Gasteiger partial charge >= 0.3 is 0 Å². The fourth-order valence-corrected chi connectivity index (χ4v) is 9.21. The molecule has 0 aliphatic heterocycles. The highest BCUT2D eigenvalue weighted by atomic mass is 15.0. The van der Waals surface area contributed by atoms with Crippen molar-refractivity contribution in [3.05, 3.63) is 235 Å². The number of hydrogen-bond acceptors (Lipinski definition) is 6. The maximum absolute atomic E-state index is 10.3. The molecule has 0 saturated heterocycles. The summed E-state index contributed by atoms with van der Waals surface area (Å²) in [5.74, 6) is 0.507. The number of fused-ring (bicyclic) bond motifs is 3. The van der Waals surface area contributed by atoms with Gasteiger partial charge in [0, 0.05) is 38.6 Å². The van der Waals surface area contributed by atoms with Gasteiger partial charge in [0.05, 0.1) is 74.6 Å². The molecule has 0 saturated carbocycles. The number of rotatable bonds is 8. The van der Waals surface area contributed by atoms with Crippen LogP contribution >= 0.6 is 0 Å². The zero-order chi connectivity index (χ0) is 46.8. The number of aromatic nitrogens is 3. The highest BCUT2D eigenvalue weighted by Crippen LogP contribution is 2.45. The van der Waals surface area contributed by atoms with E-state index in [1.165, 1.54) is 0 Å². The first-order valence-electron chi connectivity index (χ1n) is 22.3. The lowest BCUT2D eigenvalue weighted by Crippen LogP contribution is -2.03. The summed E-state index contributed by atoms with van der Waals surface area (Å²) in [6.45, 7) is 0. The SMILES string of the molecule is N#Cc1cccc(-c2ccc3c(c2)c2cc(-c4cccc(C#N)c4)ccc2n3-c2c(-c3cccc(C#N)c3)cc(-c3nc(-c4ccccc4)cc(-c4ccccc4)n3)cc2-c2cccc(C#N)c2)c1. The molecule has 11 rings (SSSR count). The zero-order valence-corrected chi connectivity index (χ0v) is 36.8. The van der Waals surface area contributed by atoms with Crippen molar-refractivity contribution in [1.29, 1.82) is 21.0 Å². The third-order valence-electron chi connectivity index (χ3n) is 12.5. The summed E-state index contributed by atoms with van der Waals surface area (Å²) in [4.78, 5) is 10.5. The Hall–Kier alpha value is -10.2. The van der Waals surface area contributed by atoms with E-state index in [1.54, 1.807) is 24.3 Å². The van der Waals surface area contributed by atoms with E-state index >= 15 is 0 Å². The van der Waals surface area contributed by atoms with Gasteiger partial charge in [0.15, 0.2) is 5.82 Å². The van der Waals surface area contributed by atoms with Crippen LogP contribution in [0.1, 0.15) is 22.3 Å². The van der Waals surface area contributed by atoms with Crippen LogP contribution in [0.15, 0.2) is 212 Å². The van der Waals surface area contributed by atoms with Crippen LogP contribution in [0.3, 0.4) is 0 Å². The van der Waals surface area contributed by atoms with Gasteiger partial charge in [-0.25, -0.2) is 9.97 Å². The molecule has 0 N–H and O–H groups in total. The monoisotopic (exact) mass is 877 g/mol. The lowest BCUT2D eigenvalue weighted by Gasteiger charge is -2.21. The van der Waals surface area contributed by atoms with Gasteiger partial charge in [-0.3, -0.25) is 0 Å². The van der Waals surface area contributed by atoms with E-state index in [4.69, 9.17) is 9.97 Å². The summed E-state index contributed by atoms with van der Waals surface area (Å²) < 4.78 is 2.28. The standard InChI is InChI=1S/C62H35N7/c63-36-40-11-7-19-46(27-40)48-23-25-59-55(31-48)56-32-49(47-20-8-12-41(28-47)37-64)24-26-60(56)69(59)61-53(50-21-9-13-42(29-50)38-65)33-52(34-54(61)51-22-10-14-43(30-51)39-66)62-67-57(44-15-3-1-4-16-44)35-58(68-62)45-17-5-2-6-18-45/h1-35H. The van der Waals surface area contributed by atoms with Crippen molar-refractivity contribution in [2.75, 3.05) is 0 Å². The molecule has 0 radical (unpaired) electrons. The summed E-state index contributed by atoms with van der Waals surface area (Å²) in [7, 11) is 0. The minimum atomic E-state index is 0.501. The van der Waals surface area contributed by atoms with E-state index in [-0.39, 0.29) is 0 Å². The van der Waals surface area contributed by atoms with Crippen LogP contribution < -0.4 is 0 Å². The van der Waals surface area contributed by atoms with E-state index in [0.29, 0.717) is 28.1 Å². The molecule has 0 amide bonds. The molecule has 2 aromatic heterocycles. The topological polar surface area (TPSA) is 126 Å². The number of benzene rings is 9. The van der Waals surface area contributed by atoms with E-state index < -0.39 is 0 Å². The highest BCUT2D eigenvalue weighted by Gasteiger charge is 2.24. The van der Waals surface area contributed by atoms with Crippen molar-refractivity contribution in [1.82, 2.24) is 14.5 Å². The van der Waals surface area contributed by atoms with Crippen LogP contribution in [-0.4, -0.2) is 14.5 Å². The van der Waals surface area contributed by atoms with Gasteiger partial charge in [0.25, 0.3) is 0 Å². The normalized spacial score (nSPS) is 10.8. The van der Waals surface area contributed by atoms with Crippen LogP contribution in [0.25, 0.3) is 106 Å². The van der Waals surface area contributed by atoms with E-state index in [2.05, 4.69) is 77.4 Å². The second-order valence-corrected chi connectivity index (χ2v) is 16.7. The Morgan fingerprint density at radius 1 is 0.304 bits per heavy atom. The number of hydrogen-bond donors (Lipinski definition) is 0. The van der Waals surface area contributed by atoms with Crippen LogP contribution in [-0.2, 0) is 0 Å². The summed E-state index contributed by atoms with van der Waals surface area (Å²) in [5.41, 5.74) is 15.9. The molecule has 7 heteroatoms. The molecule has 0 bridgehead atoms. The molecule has 0 fully saturated rings. The summed E-state index contributed by atoms with van der Waals surface area (Å²) in [6.07, 6.45) is 0. The third kappa shape index (κ3) is 7.82. The molecular weight excluding hydrogens is 843 g/mol. The van der Waals surface area contributed by atoms with Crippen LogP contribution in [0, 0.1) is 45.3 Å². The van der Waals surface area contributed by atoms with Crippen molar-refractivity contribution in [2.24, 2.45) is 0 Å². The van der Waals surface area contributed by atoms with Gasteiger partial charge in [0.2, 0.25) is 0 Å². The largest absolute Gasteiger partial charge is 0.308 e. The molecule has 318 valence electrons. The molecule has 9 aromatic carbocycles. The fourth-order valence-electron chi connectivity index (χ4n) is 9.21. The van der Waals surface area contributed by atoms with E-state index in [0.717, 1.165) is 100 Å². The molecule has 0 unspecified atom stereocenters. The molecule has 11 aromatic rings. The molecule has 69 heavy (non-hydrogen) atoms. The molecule has 0 aliphatic rings. The van der Waals surface area contributed by atoms with Crippen LogP contribution in [0.5, 0.6) is 0 Å². The Morgan fingerprint density at radius 3 is 1.07 bits per heavy atom. The Kier molecular flexibility index (Phi) is 10.6. The van der Waals surface area contributed by atoms with Crippen LogP contribution in [0.4, 0.5) is 0 Å². The van der Waals surface area contributed by atoms with Gasteiger partial charge in [-0.2, -0.15) is 21.0 Å². The zero-order valence-electron chi connectivity index (χ0n) is 36.8. The average Bonchev–Trinajstić information content (AvgIpc) is 3.75. The minimum Gasteiger partial charge on any atom is -0.308 e. The Balaban J connectivity index is 1.27.